The van der Waals surface area contributed by atoms with Crippen molar-refractivity contribution in [3.8, 4) is 0 Å². The van der Waals surface area contributed by atoms with Crippen LogP contribution in [0.2, 0.25) is 0 Å². The Balaban J connectivity index is 2.31. The van der Waals surface area contributed by atoms with Crippen LogP contribution in [-0.2, 0) is 6.54 Å². The summed E-state index contributed by atoms with van der Waals surface area (Å²) in [6, 6.07) is 9.66. The maximum Gasteiger partial charge on any atom is 0.353 e. The quantitative estimate of drug-likeness (QED) is 0.509. The van der Waals surface area contributed by atoms with Gasteiger partial charge >= 0.3 is 5.69 Å². The largest absolute Gasteiger partial charge is 0.395 e. The number of nitrogens with zero attached hydrogens (tertiary/aromatic N) is 4. The molecule has 2 rings (SSSR count). The van der Waals surface area contributed by atoms with E-state index >= 15 is 0 Å². The average Bonchev–Trinajstić information content (AvgIpc) is 2.52. The number of aliphatic hydroxyl groups is 1. The Labute approximate surface area is 132 Å². The summed E-state index contributed by atoms with van der Waals surface area (Å²) in [5.41, 5.74) is 6.35. The molecule has 0 atom stereocenters. The van der Waals surface area contributed by atoms with E-state index in [2.05, 4.69) is 15.3 Å². The van der Waals surface area contributed by atoms with Gasteiger partial charge in [0.2, 0.25) is 17.6 Å². The van der Waals surface area contributed by atoms with Crippen LogP contribution in [0.1, 0.15) is 5.56 Å². The van der Waals surface area contributed by atoms with Gasteiger partial charge in [-0.25, -0.2) is 0 Å². The molecule has 1 aromatic heterocycles. The molecule has 122 valence electrons. The molecule has 9 heteroatoms. The van der Waals surface area contributed by atoms with E-state index in [1.807, 2.05) is 30.3 Å². The number of rotatable bonds is 7. The molecule has 0 saturated carbocycles. The molecule has 0 aliphatic heterocycles. The summed E-state index contributed by atoms with van der Waals surface area (Å²) in [5.74, 6) is 0.0317. The molecule has 4 N–H and O–H groups in total. The monoisotopic (exact) mass is 318 g/mol. The number of aliphatic hydroxyl groups excluding tert-OH is 1. The van der Waals surface area contributed by atoms with Crippen molar-refractivity contribution in [2.45, 2.75) is 6.54 Å². The Morgan fingerprint density at radius 1 is 1.35 bits per heavy atom. The number of hydrogen-bond acceptors (Lipinski definition) is 8. The maximum atomic E-state index is 11.1. The normalized spacial score (nSPS) is 10.3. The van der Waals surface area contributed by atoms with E-state index in [0.717, 1.165) is 5.56 Å². The van der Waals surface area contributed by atoms with E-state index in [0.29, 0.717) is 6.54 Å². The molecule has 1 heterocycles. The molecular weight excluding hydrogens is 300 g/mol. The fourth-order valence-corrected chi connectivity index (χ4v) is 2.04. The van der Waals surface area contributed by atoms with Crippen LogP contribution >= 0.6 is 0 Å². The zero-order valence-electron chi connectivity index (χ0n) is 12.6. The van der Waals surface area contributed by atoms with Crippen molar-refractivity contribution < 1.29 is 10.0 Å². The smallest absolute Gasteiger partial charge is 0.353 e. The molecule has 0 radical (unpaired) electrons. The summed E-state index contributed by atoms with van der Waals surface area (Å²) in [6.07, 6.45) is 0. The lowest BCUT2D eigenvalue weighted by Gasteiger charge is -2.18. The summed E-state index contributed by atoms with van der Waals surface area (Å²) in [5, 5.41) is 22.7. The van der Waals surface area contributed by atoms with Crippen LogP contribution in [0, 0.1) is 10.1 Å². The first-order valence-corrected chi connectivity index (χ1v) is 6.94. The number of nitrogen functional groups attached to an aromatic ring is 1. The van der Waals surface area contributed by atoms with Crippen LogP contribution < -0.4 is 16.0 Å². The molecule has 0 aliphatic rings. The predicted octanol–water partition coefficient (Wildman–Crippen LogP) is 1.01. The third-order valence-electron chi connectivity index (χ3n) is 3.09. The molecule has 0 saturated heterocycles. The van der Waals surface area contributed by atoms with Crippen molar-refractivity contribution in [3.05, 3.63) is 46.0 Å². The van der Waals surface area contributed by atoms with Gasteiger partial charge in [-0.15, -0.1) is 0 Å². The second-order valence-corrected chi connectivity index (χ2v) is 4.86. The van der Waals surface area contributed by atoms with Crippen molar-refractivity contribution in [3.63, 3.8) is 0 Å². The third kappa shape index (κ3) is 4.04. The minimum atomic E-state index is -0.643. The molecule has 0 unspecified atom stereocenters. The van der Waals surface area contributed by atoms with Gasteiger partial charge in [-0.2, -0.15) is 9.97 Å². The number of nitrogens with one attached hydrogen (secondary N) is 1. The van der Waals surface area contributed by atoms with Gasteiger partial charge in [0.05, 0.1) is 11.5 Å². The van der Waals surface area contributed by atoms with Gasteiger partial charge < -0.3 is 21.1 Å². The van der Waals surface area contributed by atoms with Crippen LogP contribution in [0.25, 0.3) is 0 Å². The molecule has 1 aromatic carbocycles. The maximum absolute atomic E-state index is 11.1. The van der Waals surface area contributed by atoms with Crippen LogP contribution in [0.4, 0.5) is 23.3 Å². The van der Waals surface area contributed by atoms with Crippen LogP contribution in [-0.4, -0.2) is 40.2 Å². The Morgan fingerprint density at radius 3 is 2.65 bits per heavy atom. The average molecular weight is 318 g/mol. The number of aromatic nitrogens is 2. The van der Waals surface area contributed by atoms with Crippen molar-refractivity contribution in [2.24, 2.45) is 0 Å². The number of nitrogens with two attached hydrogens (primary N) is 1. The lowest BCUT2D eigenvalue weighted by atomic mass is 10.2. The first-order valence-electron chi connectivity index (χ1n) is 6.94. The first-order chi connectivity index (χ1) is 11.0. The molecule has 9 nitrogen and oxygen atoms in total. The highest BCUT2D eigenvalue weighted by Gasteiger charge is 2.24. The summed E-state index contributed by atoms with van der Waals surface area (Å²) < 4.78 is 0. The first kappa shape index (κ1) is 16.4. The zero-order valence-corrected chi connectivity index (χ0v) is 12.6. The lowest BCUT2D eigenvalue weighted by Crippen LogP contribution is -2.21. The molecule has 23 heavy (non-hydrogen) atoms. The lowest BCUT2D eigenvalue weighted by molar-refractivity contribution is -0.383. The van der Waals surface area contributed by atoms with Gasteiger partial charge in [0, 0.05) is 20.1 Å². The van der Waals surface area contributed by atoms with E-state index in [1.54, 1.807) is 11.9 Å². The summed E-state index contributed by atoms with van der Waals surface area (Å²) in [4.78, 5) is 20.4. The number of benzene rings is 1. The van der Waals surface area contributed by atoms with Crippen molar-refractivity contribution in [2.75, 3.05) is 36.1 Å². The fraction of sp³-hybridized carbons (Fsp3) is 0.286. The Bertz CT molecular complexity index is 680. The Kier molecular flexibility index (Phi) is 5.26. The minimum Gasteiger partial charge on any atom is -0.395 e. The SMILES string of the molecule is CN(Cc1ccccc1)c1nc(N)c([N+](=O)[O-])c(NCCO)n1. The molecule has 0 spiro atoms. The van der Waals surface area contributed by atoms with Crippen LogP contribution in [0.3, 0.4) is 0 Å². The second-order valence-electron chi connectivity index (χ2n) is 4.86. The third-order valence-corrected chi connectivity index (χ3v) is 3.09. The van der Waals surface area contributed by atoms with E-state index in [-0.39, 0.29) is 30.7 Å². The highest BCUT2D eigenvalue weighted by Crippen LogP contribution is 2.29. The van der Waals surface area contributed by atoms with Crippen molar-refractivity contribution >= 4 is 23.3 Å². The van der Waals surface area contributed by atoms with E-state index < -0.39 is 10.6 Å². The number of anilines is 3. The van der Waals surface area contributed by atoms with Gasteiger partial charge in [-0.05, 0) is 5.56 Å². The highest BCUT2D eigenvalue weighted by molar-refractivity contribution is 5.70. The minimum absolute atomic E-state index is 0.00791. The number of nitro groups is 1. The molecule has 2 aromatic rings. The summed E-state index contributed by atoms with van der Waals surface area (Å²) in [7, 11) is 1.77. The van der Waals surface area contributed by atoms with Crippen LogP contribution in [0.5, 0.6) is 0 Å². The van der Waals surface area contributed by atoms with Crippen molar-refractivity contribution in [1.82, 2.24) is 9.97 Å². The standard InChI is InChI=1S/C14H18N6O3/c1-19(9-10-5-3-2-4-6-10)14-17-12(15)11(20(22)23)13(18-14)16-7-8-21/h2-6,21H,7-9H2,1H3,(H3,15,16,17,18). The van der Waals surface area contributed by atoms with Gasteiger partial charge in [-0.1, -0.05) is 30.3 Å². The molecular formula is C14H18N6O3. The topological polar surface area (TPSA) is 130 Å². The van der Waals surface area contributed by atoms with Gasteiger partial charge in [0.1, 0.15) is 0 Å². The molecule has 0 fully saturated rings. The molecule has 0 amide bonds. The summed E-state index contributed by atoms with van der Waals surface area (Å²) >= 11 is 0. The highest BCUT2D eigenvalue weighted by atomic mass is 16.6. The van der Waals surface area contributed by atoms with E-state index in [4.69, 9.17) is 10.8 Å². The Hall–Kier alpha value is -2.94. The number of hydrogen-bond donors (Lipinski definition) is 3. The van der Waals surface area contributed by atoms with Gasteiger partial charge in [0.25, 0.3) is 0 Å². The molecule has 0 bridgehead atoms. The molecule has 0 aliphatic carbocycles. The van der Waals surface area contributed by atoms with Gasteiger partial charge in [0.15, 0.2) is 0 Å². The van der Waals surface area contributed by atoms with Gasteiger partial charge in [-0.3, -0.25) is 10.1 Å². The zero-order chi connectivity index (χ0) is 16.8. The van der Waals surface area contributed by atoms with E-state index in [1.165, 1.54) is 0 Å². The fourth-order valence-electron chi connectivity index (χ4n) is 2.04. The Morgan fingerprint density at radius 2 is 2.04 bits per heavy atom. The van der Waals surface area contributed by atoms with E-state index in [9.17, 15) is 10.1 Å². The second kappa shape index (κ2) is 7.36. The predicted molar refractivity (Wildman–Crippen MR) is 87.2 cm³/mol. The van der Waals surface area contributed by atoms with Crippen molar-refractivity contribution in [1.29, 1.82) is 0 Å². The summed E-state index contributed by atoms with van der Waals surface area (Å²) in [6.45, 7) is 0.465. The van der Waals surface area contributed by atoms with Crippen LogP contribution in [0.15, 0.2) is 30.3 Å².